The Morgan fingerprint density at radius 2 is 2.15 bits per heavy atom. The maximum atomic E-state index is 9.67. The number of hydrogen-bond donors (Lipinski definition) is 1. The van der Waals surface area contributed by atoms with Crippen molar-refractivity contribution < 1.29 is 13.2 Å². The van der Waals surface area contributed by atoms with Crippen LogP contribution in [0.3, 0.4) is 0 Å². The molecule has 0 spiro atoms. The maximum Gasteiger partial charge on any atom is 0.379 e. The first-order valence-electron chi connectivity index (χ1n) is 3.69. The molecule has 0 radical (unpaired) electrons. The van der Waals surface area contributed by atoms with Gasteiger partial charge in [-0.2, -0.15) is 25.8 Å². The number of nitrogens with zero attached hydrogens (tertiary/aromatic N) is 2. The number of halogens is 3. The van der Waals surface area contributed by atoms with E-state index in [4.69, 9.17) is 0 Å². The van der Waals surface area contributed by atoms with Gasteiger partial charge in [0, 0.05) is 30.1 Å². The molecule has 6 heteroatoms. The van der Waals surface area contributed by atoms with Crippen LogP contribution in [0.5, 0.6) is 0 Å². The minimum Gasteiger partial charge on any atom is -0.333 e. The van der Waals surface area contributed by atoms with Crippen molar-refractivity contribution in [3.63, 3.8) is 0 Å². The van der Waals surface area contributed by atoms with Gasteiger partial charge in [0.25, 0.3) is 0 Å². The van der Waals surface area contributed by atoms with Gasteiger partial charge >= 0.3 is 6.68 Å². The van der Waals surface area contributed by atoms with Gasteiger partial charge in [0.05, 0.1) is 6.33 Å². The first kappa shape index (κ1) is 10.4. The third-order valence-corrected chi connectivity index (χ3v) is 2.00. The Bertz CT molecular complexity index is 241. The van der Waals surface area contributed by atoms with Crippen LogP contribution in [0.25, 0.3) is 0 Å². The Balaban J connectivity index is 0.000000184. The fourth-order valence-corrected chi connectivity index (χ4v) is 1.58. The second-order valence-corrected chi connectivity index (χ2v) is 3.37. The van der Waals surface area contributed by atoms with Gasteiger partial charge in [0.15, 0.2) is 0 Å². The van der Waals surface area contributed by atoms with Crippen LogP contribution in [0, 0.1) is 0 Å². The lowest BCUT2D eigenvalue weighted by molar-refractivity contribution is 0.00819. The normalized spacial score (nSPS) is 19.6. The molecule has 0 amide bonds. The van der Waals surface area contributed by atoms with Crippen molar-refractivity contribution in [1.82, 2.24) is 9.55 Å². The largest absolute Gasteiger partial charge is 0.379 e. The molecule has 1 aliphatic rings. The lowest BCUT2D eigenvalue weighted by Gasteiger charge is -1.94. The van der Waals surface area contributed by atoms with E-state index in [1.807, 2.05) is 12.5 Å². The molecule has 0 aromatic carbocycles. The van der Waals surface area contributed by atoms with Crippen molar-refractivity contribution in [2.75, 3.05) is 0 Å². The minimum absolute atomic E-state index is 0.517. The highest BCUT2D eigenvalue weighted by molar-refractivity contribution is 7.80. The number of aromatic nitrogens is 2. The Labute approximate surface area is 79.2 Å². The maximum absolute atomic E-state index is 9.67. The molecule has 0 bridgehead atoms. The molecule has 1 atom stereocenters. The van der Waals surface area contributed by atoms with Crippen molar-refractivity contribution >= 4 is 12.6 Å². The van der Waals surface area contributed by atoms with Crippen molar-refractivity contribution in [1.29, 1.82) is 0 Å². The number of thiol groups is 1. The summed E-state index contributed by atoms with van der Waals surface area (Å²) in [6, 6.07) is 0. The molecule has 1 unspecified atom stereocenters. The molecule has 2 heterocycles. The van der Waals surface area contributed by atoms with E-state index in [1.165, 1.54) is 5.69 Å². The zero-order chi connectivity index (χ0) is 9.84. The third-order valence-electron chi connectivity index (χ3n) is 1.65. The van der Waals surface area contributed by atoms with Crippen LogP contribution in [0.2, 0.25) is 0 Å². The molecule has 74 valence electrons. The Kier molecular flexibility index (Phi) is 3.65. The van der Waals surface area contributed by atoms with E-state index < -0.39 is 6.68 Å². The van der Waals surface area contributed by atoms with Gasteiger partial charge in [-0.15, -0.1) is 0 Å². The number of alkyl halides is 3. The van der Waals surface area contributed by atoms with E-state index in [9.17, 15) is 13.2 Å². The summed E-state index contributed by atoms with van der Waals surface area (Å²) in [5.74, 6) is 0. The molecule has 0 aliphatic carbocycles. The van der Waals surface area contributed by atoms with Crippen molar-refractivity contribution in [2.24, 2.45) is 0 Å². The van der Waals surface area contributed by atoms with E-state index in [0.717, 1.165) is 13.0 Å². The number of fused-ring (bicyclic) bond motifs is 1. The average Bonchev–Trinajstić information content (AvgIpc) is 2.43. The fourth-order valence-electron chi connectivity index (χ4n) is 1.22. The predicted octanol–water partition coefficient (Wildman–Crippen LogP) is 1.92. The SMILES string of the molecule is FC(F)F.SC1Cc2cncn2C1. The summed E-state index contributed by atoms with van der Waals surface area (Å²) in [7, 11) is 0. The van der Waals surface area contributed by atoms with Crippen LogP contribution in [-0.4, -0.2) is 21.5 Å². The van der Waals surface area contributed by atoms with E-state index in [2.05, 4.69) is 22.2 Å². The lowest BCUT2D eigenvalue weighted by Crippen LogP contribution is -1.98. The summed E-state index contributed by atoms with van der Waals surface area (Å²) in [6.07, 6.45) is 4.85. The van der Waals surface area contributed by atoms with E-state index in [1.54, 1.807) is 0 Å². The Morgan fingerprint density at radius 3 is 2.69 bits per heavy atom. The highest BCUT2D eigenvalue weighted by Crippen LogP contribution is 2.17. The molecular weight excluding hydrogens is 201 g/mol. The zero-order valence-corrected chi connectivity index (χ0v) is 7.59. The monoisotopic (exact) mass is 210 g/mol. The second kappa shape index (κ2) is 4.55. The molecule has 0 N–H and O–H groups in total. The number of hydrogen-bond acceptors (Lipinski definition) is 2. The Hall–Kier alpha value is -0.650. The van der Waals surface area contributed by atoms with Gasteiger partial charge < -0.3 is 4.57 Å². The summed E-state index contributed by atoms with van der Waals surface area (Å²) >= 11 is 4.35. The van der Waals surface area contributed by atoms with Gasteiger partial charge in [0.1, 0.15) is 0 Å². The van der Waals surface area contributed by atoms with Gasteiger partial charge in [-0.3, -0.25) is 0 Å². The van der Waals surface area contributed by atoms with Gasteiger partial charge in [-0.25, -0.2) is 4.98 Å². The molecule has 2 rings (SSSR count). The fraction of sp³-hybridized carbons (Fsp3) is 0.571. The van der Waals surface area contributed by atoms with Crippen molar-refractivity contribution in [3.05, 3.63) is 18.2 Å². The van der Waals surface area contributed by atoms with Crippen LogP contribution in [0.15, 0.2) is 12.5 Å². The highest BCUT2D eigenvalue weighted by Gasteiger charge is 2.16. The molecular formula is C7H9F3N2S. The van der Waals surface area contributed by atoms with Crippen LogP contribution >= 0.6 is 12.6 Å². The quantitative estimate of drug-likeness (QED) is 0.648. The van der Waals surface area contributed by atoms with Gasteiger partial charge in [-0.05, 0) is 0 Å². The first-order valence-corrected chi connectivity index (χ1v) is 4.20. The summed E-state index contributed by atoms with van der Waals surface area (Å²) < 4.78 is 31.2. The topological polar surface area (TPSA) is 17.8 Å². The Morgan fingerprint density at radius 1 is 1.54 bits per heavy atom. The molecule has 1 aliphatic heterocycles. The molecule has 1 aromatic heterocycles. The van der Waals surface area contributed by atoms with E-state index in [0.29, 0.717) is 5.25 Å². The summed E-state index contributed by atoms with van der Waals surface area (Å²) in [6.45, 7) is -2.64. The standard InChI is InChI=1S/C6H8N2S.CHF3/c9-6-1-5-2-7-4-8(5)3-6;2-1(3)4/h2,4,6,9H,1,3H2;1H. The van der Waals surface area contributed by atoms with Gasteiger partial charge in [0.2, 0.25) is 0 Å². The lowest BCUT2D eigenvalue weighted by atomic mass is 10.3. The average molecular weight is 210 g/mol. The van der Waals surface area contributed by atoms with E-state index >= 15 is 0 Å². The second-order valence-electron chi connectivity index (χ2n) is 2.64. The zero-order valence-electron chi connectivity index (χ0n) is 6.70. The van der Waals surface area contributed by atoms with Crippen LogP contribution in [0.1, 0.15) is 5.69 Å². The van der Waals surface area contributed by atoms with Crippen LogP contribution < -0.4 is 0 Å². The van der Waals surface area contributed by atoms with Crippen LogP contribution in [-0.2, 0) is 13.0 Å². The number of rotatable bonds is 0. The summed E-state index contributed by atoms with van der Waals surface area (Å²) in [5.41, 5.74) is 1.31. The van der Waals surface area contributed by atoms with Crippen LogP contribution in [0.4, 0.5) is 13.2 Å². The smallest absolute Gasteiger partial charge is 0.333 e. The van der Waals surface area contributed by atoms with Crippen molar-refractivity contribution in [3.8, 4) is 0 Å². The molecule has 0 saturated carbocycles. The molecule has 2 nitrogen and oxygen atoms in total. The minimum atomic E-state index is -3.67. The van der Waals surface area contributed by atoms with Gasteiger partial charge in [-0.1, -0.05) is 0 Å². The third kappa shape index (κ3) is 3.30. The summed E-state index contributed by atoms with van der Waals surface area (Å²) in [5, 5.41) is 0.517. The summed E-state index contributed by atoms with van der Waals surface area (Å²) in [4.78, 5) is 4.01. The molecule has 13 heavy (non-hydrogen) atoms. The highest BCUT2D eigenvalue weighted by atomic mass is 32.1. The molecule has 1 aromatic rings. The first-order chi connectivity index (χ1) is 6.09. The van der Waals surface area contributed by atoms with Crippen molar-refractivity contribution in [2.45, 2.75) is 24.9 Å². The predicted molar refractivity (Wildman–Crippen MR) is 45.8 cm³/mol. The van der Waals surface area contributed by atoms with E-state index in [-0.39, 0.29) is 0 Å². The molecule has 0 fully saturated rings. The number of imidazole rings is 1. The molecule has 0 saturated heterocycles.